The Morgan fingerprint density at radius 3 is 2.59 bits per heavy atom. The van der Waals surface area contributed by atoms with Gasteiger partial charge in [-0.3, -0.25) is 4.98 Å². The molecule has 0 radical (unpaired) electrons. The summed E-state index contributed by atoms with van der Waals surface area (Å²) in [5.74, 6) is 1.59. The highest BCUT2D eigenvalue weighted by atomic mass is 32.1. The van der Waals surface area contributed by atoms with Crippen LogP contribution < -0.4 is 19.7 Å². The number of aromatic carboxylic acids is 1. The number of benzene rings is 2. The molecule has 0 aliphatic carbocycles. The van der Waals surface area contributed by atoms with E-state index in [9.17, 15) is 9.90 Å². The molecule has 1 saturated heterocycles. The second-order valence-electron chi connectivity index (χ2n) is 8.57. The smallest absolute Gasteiger partial charge is 0.335 e. The molecule has 1 fully saturated rings. The van der Waals surface area contributed by atoms with Crippen LogP contribution in [-0.4, -0.2) is 35.4 Å². The Morgan fingerprint density at radius 1 is 1.08 bits per heavy atom. The third kappa shape index (κ3) is 4.49. The summed E-state index contributed by atoms with van der Waals surface area (Å²) in [7, 11) is 3.20. The first-order valence-corrected chi connectivity index (χ1v) is 12.0. The first-order valence-electron chi connectivity index (χ1n) is 11.6. The zero-order valence-electron chi connectivity index (χ0n) is 20.5. The van der Waals surface area contributed by atoms with Crippen LogP contribution in [0.4, 0.5) is 5.69 Å². The van der Waals surface area contributed by atoms with Crippen molar-refractivity contribution < 1.29 is 23.8 Å². The molecule has 2 aromatic carbocycles. The molecule has 8 nitrogen and oxygen atoms in total. The van der Waals surface area contributed by atoms with E-state index in [2.05, 4.69) is 10.3 Å². The number of hydrogen-bond acceptors (Lipinski definition) is 6. The number of anilines is 1. The number of pyridine rings is 1. The summed E-state index contributed by atoms with van der Waals surface area (Å²) in [5.41, 5.74) is 3.41. The average molecular weight is 516 g/mol. The van der Waals surface area contributed by atoms with Crippen LogP contribution in [0.25, 0.3) is 11.3 Å². The van der Waals surface area contributed by atoms with Crippen molar-refractivity contribution in [2.45, 2.75) is 19.0 Å². The van der Waals surface area contributed by atoms with E-state index in [0.717, 1.165) is 22.5 Å². The van der Waals surface area contributed by atoms with Crippen LogP contribution in [0.3, 0.4) is 0 Å². The molecule has 0 spiro atoms. The second kappa shape index (κ2) is 9.94. The number of carboxylic acid groups (broad SMARTS) is 1. The second-order valence-corrected chi connectivity index (χ2v) is 8.96. The number of carbonyl (C=O) groups is 1. The van der Waals surface area contributed by atoms with Gasteiger partial charge in [-0.15, -0.1) is 0 Å². The minimum atomic E-state index is -0.970. The third-order valence-electron chi connectivity index (χ3n) is 6.40. The Labute approximate surface area is 219 Å². The van der Waals surface area contributed by atoms with Gasteiger partial charge in [0.25, 0.3) is 0 Å². The van der Waals surface area contributed by atoms with Crippen LogP contribution in [0.2, 0.25) is 0 Å². The van der Waals surface area contributed by atoms with Crippen LogP contribution in [-0.2, 0) is 0 Å². The lowest BCUT2D eigenvalue weighted by Gasteiger charge is -2.27. The maximum Gasteiger partial charge on any atom is 0.335 e. The lowest BCUT2D eigenvalue weighted by Crippen LogP contribution is -2.29. The topological polar surface area (TPSA) is 97.1 Å². The summed E-state index contributed by atoms with van der Waals surface area (Å²) < 4.78 is 17.5. The fraction of sp³-hybridized carbons (Fsp3) is 0.179. The fourth-order valence-electron chi connectivity index (χ4n) is 4.62. The van der Waals surface area contributed by atoms with Gasteiger partial charge in [-0.1, -0.05) is 12.1 Å². The number of ether oxygens (including phenoxy) is 2. The first kappa shape index (κ1) is 24.3. The number of hydrogen-bond donors (Lipinski definition) is 2. The van der Waals surface area contributed by atoms with Crippen molar-refractivity contribution in [3.63, 3.8) is 0 Å². The number of thiocarbonyl (C=S) groups is 1. The van der Waals surface area contributed by atoms with Crippen molar-refractivity contribution in [3.8, 4) is 22.8 Å². The Bertz CT molecular complexity index is 1470. The summed E-state index contributed by atoms with van der Waals surface area (Å²) in [6, 6.07) is 19.4. The molecule has 3 heterocycles. The van der Waals surface area contributed by atoms with Gasteiger partial charge in [0.05, 0.1) is 37.2 Å². The molecule has 0 saturated carbocycles. The van der Waals surface area contributed by atoms with Crippen molar-refractivity contribution >= 4 is 29.0 Å². The number of aryl methyl sites for hydroxylation is 1. The SMILES string of the molecule is COc1ccc(N2C(=S)N[C@H](c3ccccn3)[C@@H]2c2ccc(-c3ccc(C(=O)O)cc3C)o2)c(OC)c1. The van der Waals surface area contributed by atoms with Crippen LogP contribution in [0.5, 0.6) is 11.5 Å². The number of nitrogens with zero attached hydrogens (tertiary/aromatic N) is 2. The minimum absolute atomic E-state index is 0.228. The molecular formula is C28H25N3O5S. The predicted octanol–water partition coefficient (Wildman–Crippen LogP) is 5.54. The van der Waals surface area contributed by atoms with E-state index in [4.69, 9.17) is 26.1 Å². The van der Waals surface area contributed by atoms with Gasteiger partial charge in [0.2, 0.25) is 0 Å². The molecule has 1 aliphatic rings. The molecule has 0 unspecified atom stereocenters. The molecular weight excluding hydrogens is 490 g/mol. The fourth-order valence-corrected chi connectivity index (χ4v) is 4.96. The first-order chi connectivity index (χ1) is 17.9. The standard InChI is InChI=1S/C28H25N3O5S/c1-16-14-17(27(32)33)7-9-19(16)22-11-12-23(36-22)26-25(20-6-4-5-13-29-20)30-28(37)31(26)21-10-8-18(34-2)15-24(21)35-3/h4-15,25-26H,1-3H3,(H,30,37)(H,32,33)/t25-,26+/m1/s1. The molecule has 9 heteroatoms. The quantitative estimate of drug-likeness (QED) is 0.307. The average Bonchev–Trinajstić information content (AvgIpc) is 3.53. The van der Waals surface area contributed by atoms with E-state index in [0.29, 0.717) is 28.1 Å². The monoisotopic (exact) mass is 515 g/mol. The number of aromatic nitrogens is 1. The lowest BCUT2D eigenvalue weighted by atomic mass is 10.0. The molecule has 2 aromatic heterocycles. The van der Waals surface area contributed by atoms with Gasteiger partial charge < -0.3 is 29.2 Å². The van der Waals surface area contributed by atoms with E-state index in [1.54, 1.807) is 38.6 Å². The Morgan fingerprint density at radius 2 is 1.92 bits per heavy atom. The number of carboxylic acids is 1. The van der Waals surface area contributed by atoms with Crippen LogP contribution in [0.15, 0.2) is 77.3 Å². The van der Waals surface area contributed by atoms with E-state index < -0.39 is 5.97 Å². The van der Waals surface area contributed by atoms with Gasteiger partial charge >= 0.3 is 5.97 Å². The van der Waals surface area contributed by atoms with Gasteiger partial charge in [-0.2, -0.15) is 0 Å². The number of rotatable bonds is 7. The molecule has 188 valence electrons. The summed E-state index contributed by atoms with van der Waals surface area (Å²) in [6.45, 7) is 1.86. The van der Waals surface area contributed by atoms with Crippen LogP contribution in [0.1, 0.15) is 39.5 Å². The summed E-state index contributed by atoms with van der Waals surface area (Å²) in [4.78, 5) is 17.9. The number of nitrogens with one attached hydrogen (secondary N) is 1. The molecule has 37 heavy (non-hydrogen) atoms. The van der Waals surface area contributed by atoms with E-state index in [1.165, 1.54) is 0 Å². The van der Waals surface area contributed by atoms with E-state index >= 15 is 0 Å². The molecule has 2 N–H and O–H groups in total. The van der Waals surface area contributed by atoms with Crippen molar-refractivity contribution in [2.75, 3.05) is 19.1 Å². The highest BCUT2D eigenvalue weighted by Gasteiger charge is 2.43. The highest BCUT2D eigenvalue weighted by Crippen LogP contribution is 2.46. The molecule has 1 aliphatic heterocycles. The van der Waals surface area contributed by atoms with E-state index in [-0.39, 0.29) is 17.6 Å². The van der Waals surface area contributed by atoms with Crippen molar-refractivity contribution in [2.24, 2.45) is 0 Å². The van der Waals surface area contributed by atoms with Gasteiger partial charge in [0.1, 0.15) is 29.1 Å². The number of furan rings is 1. The molecule has 4 aromatic rings. The molecule has 5 rings (SSSR count). The largest absolute Gasteiger partial charge is 0.497 e. The number of methoxy groups -OCH3 is 2. The van der Waals surface area contributed by atoms with Gasteiger partial charge in [0.15, 0.2) is 5.11 Å². The van der Waals surface area contributed by atoms with Gasteiger partial charge in [0, 0.05) is 17.8 Å². The lowest BCUT2D eigenvalue weighted by molar-refractivity contribution is 0.0696. The molecule has 0 bridgehead atoms. The van der Waals surface area contributed by atoms with E-state index in [1.807, 2.05) is 60.4 Å². The zero-order chi connectivity index (χ0) is 26.1. The zero-order valence-corrected chi connectivity index (χ0v) is 21.3. The normalized spacial score (nSPS) is 16.9. The summed E-state index contributed by atoms with van der Waals surface area (Å²) in [5, 5.41) is 13.2. The Kier molecular flexibility index (Phi) is 6.54. The maximum atomic E-state index is 11.4. The Hall–Kier alpha value is -4.37. The predicted molar refractivity (Wildman–Crippen MR) is 143 cm³/mol. The van der Waals surface area contributed by atoms with Crippen molar-refractivity contribution in [3.05, 3.63) is 95.5 Å². The maximum absolute atomic E-state index is 11.4. The van der Waals surface area contributed by atoms with Crippen LogP contribution >= 0.6 is 12.2 Å². The minimum Gasteiger partial charge on any atom is -0.497 e. The summed E-state index contributed by atoms with van der Waals surface area (Å²) >= 11 is 5.81. The third-order valence-corrected chi connectivity index (χ3v) is 6.72. The van der Waals surface area contributed by atoms with Crippen LogP contribution in [0, 0.1) is 6.92 Å². The Balaban J connectivity index is 1.61. The molecule has 2 atom stereocenters. The van der Waals surface area contributed by atoms with Gasteiger partial charge in [-0.05, 0) is 73.2 Å². The molecule has 0 amide bonds. The van der Waals surface area contributed by atoms with Crippen molar-refractivity contribution in [1.82, 2.24) is 10.3 Å². The van der Waals surface area contributed by atoms with Crippen molar-refractivity contribution in [1.29, 1.82) is 0 Å². The highest BCUT2D eigenvalue weighted by molar-refractivity contribution is 7.80. The van der Waals surface area contributed by atoms with Gasteiger partial charge in [-0.25, -0.2) is 4.79 Å². The summed E-state index contributed by atoms with van der Waals surface area (Å²) in [6.07, 6.45) is 1.74.